The van der Waals surface area contributed by atoms with Crippen LogP contribution >= 0.6 is 11.6 Å². The number of halogens is 1. The van der Waals surface area contributed by atoms with Crippen molar-refractivity contribution in [3.8, 4) is 11.5 Å². The van der Waals surface area contributed by atoms with E-state index in [1.807, 2.05) is 45.0 Å². The summed E-state index contributed by atoms with van der Waals surface area (Å²) in [4.78, 5) is 2.34. The zero-order valence-corrected chi connectivity index (χ0v) is 19.7. The van der Waals surface area contributed by atoms with Gasteiger partial charge in [0.1, 0.15) is 6.61 Å². The molecule has 0 aliphatic carbocycles. The Morgan fingerprint density at radius 2 is 1.75 bits per heavy atom. The third-order valence-electron chi connectivity index (χ3n) is 4.68. The van der Waals surface area contributed by atoms with Gasteiger partial charge in [0.2, 0.25) is 0 Å². The molecular weight excluding hydrogens is 448 g/mol. The summed E-state index contributed by atoms with van der Waals surface area (Å²) in [5.74, 6) is 0.880. The molecule has 3 aromatic rings. The van der Waals surface area contributed by atoms with Crippen LogP contribution in [0.2, 0.25) is 5.02 Å². The maximum Gasteiger partial charge on any atom is 0.276 e. The van der Waals surface area contributed by atoms with Crippen molar-refractivity contribution in [2.45, 2.75) is 32.3 Å². The van der Waals surface area contributed by atoms with Crippen molar-refractivity contribution in [3.63, 3.8) is 0 Å². The molecule has 0 radical (unpaired) electrons. The van der Waals surface area contributed by atoms with Gasteiger partial charge in [0, 0.05) is 0 Å². The van der Waals surface area contributed by atoms with Crippen LogP contribution in [-0.2, 0) is 16.6 Å². The van der Waals surface area contributed by atoms with Crippen LogP contribution < -0.4 is 14.3 Å². The number of benzene rings is 3. The Bertz CT molecular complexity index is 1210. The summed E-state index contributed by atoms with van der Waals surface area (Å²) in [6, 6.07) is 17.8. The van der Waals surface area contributed by atoms with Crippen LogP contribution in [0.4, 0.5) is 0 Å². The van der Waals surface area contributed by atoms with Crippen molar-refractivity contribution >= 4 is 27.8 Å². The molecule has 0 heterocycles. The van der Waals surface area contributed by atoms with Gasteiger partial charge in [-0.25, -0.2) is 4.83 Å². The Kier molecular flexibility index (Phi) is 7.77. The number of hydrazone groups is 1. The van der Waals surface area contributed by atoms with E-state index in [1.165, 1.54) is 18.3 Å². The lowest BCUT2D eigenvalue weighted by Gasteiger charge is -2.15. The minimum Gasteiger partial charge on any atom is -0.490 e. The lowest BCUT2D eigenvalue weighted by Crippen LogP contribution is -2.18. The van der Waals surface area contributed by atoms with E-state index in [4.69, 9.17) is 21.1 Å². The molecule has 0 atom stereocenters. The van der Waals surface area contributed by atoms with E-state index in [0.29, 0.717) is 35.3 Å². The highest BCUT2D eigenvalue weighted by molar-refractivity contribution is 7.89. The fourth-order valence-corrected chi connectivity index (χ4v) is 3.99. The van der Waals surface area contributed by atoms with Crippen LogP contribution in [0, 0.1) is 13.8 Å². The van der Waals surface area contributed by atoms with Crippen LogP contribution in [0.15, 0.2) is 70.7 Å². The van der Waals surface area contributed by atoms with Crippen LogP contribution in [-0.4, -0.2) is 21.2 Å². The third-order valence-corrected chi connectivity index (χ3v) is 6.20. The number of aryl methyl sites for hydroxylation is 2. The monoisotopic (exact) mass is 472 g/mol. The average molecular weight is 473 g/mol. The quantitative estimate of drug-likeness (QED) is 0.341. The van der Waals surface area contributed by atoms with Gasteiger partial charge in [-0.15, -0.1) is 0 Å². The Labute approximate surface area is 193 Å². The summed E-state index contributed by atoms with van der Waals surface area (Å²) in [6.07, 6.45) is 1.37. The van der Waals surface area contributed by atoms with Gasteiger partial charge < -0.3 is 9.47 Å². The number of hydrogen-bond acceptors (Lipinski definition) is 5. The minimum absolute atomic E-state index is 0.133. The molecule has 0 fully saturated rings. The van der Waals surface area contributed by atoms with Gasteiger partial charge in [-0.2, -0.15) is 13.5 Å². The molecule has 0 amide bonds. The van der Waals surface area contributed by atoms with E-state index in [-0.39, 0.29) is 4.90 Å². The molecule has 1 N–H and O–H groups in total. The molecule has 8 heteroatoms. The van der Waals surface area contributed by atoms with E-state index in [0.717, 1.165) is 16.7 Å². The molecule has 0 aliphatic heterocycles. The van der Waals surface area contributed by atoms with Crippen LogP contribution in [0.1, 0.15) is 29.2 Å². The van der Waals surface area contributed by atoms with Crippen molar-refractivity contribution < 1.29 is 17.9 Å². The van der Waals surface area contributed by atoms with Gasteiger partial charge in [-0.3, -0.25) is 0 Å². The molecule has 3 rings (SSSR count). The lowest BCUT2D eigenvalue weighted by molar-refractivity contribution is 0.269. The largest absolute Gasteiger partial charge is 0.490 e. The zero-order chi connectivity index (χ0) is 23.1. The van der Waals surface area contributed by atoms with Crippen LogP contribution in [0.5, 0.6) is 11.5 Å². The van der Waals surface area contributed by atoms with Crippen molar-refractivity contribution in [2.24, 2.45) is 5.10 Å². The maximum absolute atomic E-state index is 12.4. The summed E-state index contributed by atoms with van der Waals surface area (Å²) in [7, 11) is -3.77. The lowest BCUT2D eigenvalue weighted by atomic mass is 10.1. The molecular formula is C24H25ClN2O4S. The summed E-state index contributed by atoms with van der Waals surface area (Å²) >= 11 is 6.45. The maximum atomic E-state index is 12.4. The Hall–Kier alpha value is -3.03. The second kappa shape index (κ2) is 10.5. The first-order valence-electron chi connectivity index (χ1n) is 10.1. The SMILES string of the molecule is CCOc1cc(/C=N\NS(=O)(=O)c2ccc(C)cc2)cc(Cl)c1OCc1ccccc1C. The van der Waals surface area contributed by atoms with Crippen molar-refractivity contribution in [2.75, 3.05) is 6.61 Å². The minimum atomic E-state index is -3.77. The Balaban J connectivity index is 1.77. The molecule has 0 saturated carbocycles. The zero-order valence-electron chi connectivity index (χ0n) is 18.1. The van der Waals surface area contributed by atoms with E-state index in [1.54, 1.807) is 24.3 Å². The molecule has 168 valence electrons. The molecule has 6 nitrogen and oxygen atoms in total. The number of rotatable bonds is 9. The molecule has 0 spiro atoms. The molecule has 0 saturated heterocycles. The van der Waals surface area contributed by atoms with Gasteiger partial charge in [0.25, 0.3) is 10.0 Å². The Morgan fingerprint density at radius 1 is 1.03 bits per heavy atom. The van der Waals surface area contributed by atoms with Crippen molar-refractivity contribution in [1.82, 2.24) is 4.83 Å². The van der Waals surface area contributed by atoms with Gasteiger partial charge in [0.15, 0.2) is 11.5 Å². The number of nitrogens with one attached hydrogen (secondary N) is 1. The Morgan fingerprint density at radius 3 is 2.44 bits per heavy atom. The van der Waals surface area contributed by atoms with Gasteiger partial charge in [0.05, 0.1) is 22.7 Å². The summed E-state index contributed by atoms with van der Waals surface area (Å²) in [6.45, 7) is 6.51. The molecule has 3 aromatic carbocycles. The van der Waals surface area contributed by atoms with E-state index in [2.05, 4.69) is 9.93 Å². The molecule has 0 aliphatic rings. The van der Waals surface area contributed by atoms with E-state index >= 15 is 0 Å². The first-order chi connectivity index (χ1) is 15.3. The highest BCUT2D eigenvalue weighted by Gasteiger charge is 2.14. The highest BCUT2D eigenvalue weighted by Crippen LogP contribution is 2.37. The number of ether oxygens (including phenoxy) is 2. The topological polar surface area (TPSA) is 77.0 Å². The smallest absolute Gasteiger partial charge is 0.276 e. The first-order valence-corrected chi connectivity index (χ1v) is 11.9. The second-order valence-electron chi connectivity index (χ2n) is 7.14. The fraction of sp³-hybridized carbons (Fsp3) is 0.208. The number of nitrogens with zero attached hydrogens (tertiary/aromatic N) is 1. The van der Waals surface area contributed by atoms with Crippen LogP contribution in [0.25, 0.3) is 0 Å². The summed E-state index contributed by atoms with van der Waals surface area (Å²) < 4.78 is 36.4. The van der Waals surface area contributed by atoms with E-state index in [9.17, 15) is 8.42 Å². The summed E-state index contributed by atoms with van der Waals surface area (Å²) in [5, 5.41) is 4.21. The normalized spacial score (nSPS) is 11.5. The van der Waals surface area contributed by atoms with Crippen molar-refractivity contribution in [3.05, 3.63) is 87.9 Å². The standard InChI is InChI=1S/C24H25ClN2O4S/c1-4-30-23-14-19(15-26-27-32(28,29)21-11-9-17(2)10-12-21)13-22(25)24(23)31-16-20-8-6-5-7-18(20)3/h5-15,27H,4,16H2,1-3H3/b26-15-. The molecule has 0 unspecified atom stereocenters. The summed E-state index contributed by atoms with van der Waals surface area (Å²) in [5.41, 5.74) is 3.69. The van der Waals surface area contributed by atoms with Crippen LogP contribution in [0.3, 0.4) is 0 Å². The van der Waals surface area contributed by atoms with Gasteiger partial charge in [-0.05, 0) is 61.7 Å². The number of sulfonamides is 1. The van der Waals surface area contributed by atoms with E-state index < -0.39 is 10.0 Å². The molecule has 32 heavy (non-hydrogen) atoms. The third kappa shape index (κ3) is 6.02. The predicted molar refractivity (Wildman–Crippen MR) is 127 cm³/mol. The predicted octanol–water partition coefficient (Wildman–Crippen LogP) is 5.25. The fourth-order valence-electron chi connectivity index (χ4n) is 2.93. The average Bonchev–Trinajstić information content (AvgIpc) is 2.75. The van der Waals surface area contributed by atoms with Gasteiger partial charge in [-0.1, -0.05) is 53.6 Å². The second-order valence-corrected chi connectivity index (χ2v) is 9.21. The van der Waals surface area contributed by atoms with Gasteiger partial charge >= 0.3 is 0 Å². The first kappa shape index (κ1) is 23.6. The number of hydrogen-bond donors (Lipinski definition) is 1. The molecule has 0 aromatic heterocycles. The molecule has 0 bridgehead atoms. The van der Waals surface area contributed by atoms with Crippen molar-refractivity contribution in [1.29, 1.82) is 0 Å². The highest BCUT2D eigenvalue weighted by atomic mass is 35.5.